The molecule has 1 atom stereocenters. The Kier molecular flexibility index (Phi) is 4.15. The molecule has 1 heterocycles. The Morgan fingerprint density at radius 1 is 1.46 bits per heavy atom. The number of sulfonamides is 1. The Labute approximate surface area is 79.7 Å². The van der Waals surface area contributed by atoms with Crippen molar-refractivity contribution < 1.29 is 13.2 Å². The van der Waals surface area contributed by atoms with Gasteiger partial charge in [-0.3, -0.25) is 0 Å². The van der Waals surface area contributed by atoms with E-state index in [-0.39, 0.29) is 6.10 Å². The van der Waals surface area contributed by atoms with Gasteiger partial charge in [-0.1, -0.05) is 0 Å². The number of hydrogen-bond donors (Lipinski definition) is 1. The van der Waals surface area contributed by atoms with Gasteiger partial charge in [-0.2, -0.15) is 0 Å². The van der Waals surface area contributed by atoms with E-state index < -0.39 is 10.0 Å². The fraction of sp³-hybridized carbons (Fsp3) is 1.00. The summed E-state index contributed by atoms with van der Waals surface area (Å²) in [5.41, 5.74) is 0. The quantitative estimate of drug-likeness (QED) is 0.730. The van der Waals surface area contributed by atoms with Crippen LogP contribution < -0.4 is 4.72 Å². The van der Waals surface area contributed by atoms with Crippen molar-refractivity contribution in [3.63, 3.8) is 0 Å². The second-order valence-corrected chi connectivity index (χ2v) is 5.28. The van der Waals surface area contributed by atoms with Crippen molar-refractivity contribution in [3.05, 3.63) is 0 Å². The molecule has 0 aromatic rings. The molecule has 1 aliphatic heterocycles. The molecule has 0 aliphatic carbocycles. The van der Waals surface area contributed by atoms with Crippen molar-refractivity contribution in [2.45, 2.75) is 31.8 Å². The minimum Gasteiger partial charge on any atom is -0.378 e. The topological polar surface area (TPSA) is 55.4 Å². The van der Waals surface area contributed by atoms with Crippen LogP contribution in [0.2, 0.25) is 0 Å². The summed E-state index contributed by atoms with van der Waals surface area (Å²) in [5.74, 6) is 0. The summed E-state index contributed by atoms with van der Waals surface area (Å²) < 4.78 is 29.4. The summed E-state index contributed by atoms with van der Waals surface area (Å²) in [6, 6.07) is 0. The van der Waals surface area contributed by atoms with Crippen LogP contribution in [0.25, 0.3) is 0 Å². The van der Waals surface area contributed by atoms with Gasteiger partial charge in [0.2, 0.25) is 10.0 Å². The van der Waals surface area contributed by atoms with E-state index in [1.54, 1.807) is 0 Å². The molecule has 0 aromatic heterocycles. The van der Waals surface area contributed by atoms with E-state index in [9.17, 15) is 8.42 Å². The van der Waals surface area contributed by atoms with Gasteiger partial charge in [0.25, 0.3) is 0 Å². The fourth-order valence-corrected chi connectivity index (χ4v) is 1.93. The molecule has 1 saturated heterocycles. The largest absolute Gasteiger partial charge is 0.378 e. The first-order valence-electron chi connectivity index (χ1n) is 4.64. The van der Waals surface area contributed by atoms with Gasteiger partial charge in [0.05, 0.1) is 12.4 Å². The molecule has 0 amide bonds. The zero-order valence-corrected chi connectivity index (χ0v) is 8.77. The molecule has 0 radical (unpaired) electrons. The summed E-state index contributed by atoms with van der Waals surface area (Å²) in [6.45, 7) is 1.31. The van der Waals surface area contributed by atoms with Gasteiger partial charge in [0.15, 0.2) is 0 Å². The Hall–Kier alpha value is -0.130. The molecular weight excluding hydrogens is 190 g/mol. The molecule has 0 bridgehead atoms. The second kappa shape index (κ2) is 4.93. The average molecular weight is 207 g/mol. The van der Waals surface area contributed by atoms with E-state index in [0.29, 0.717) is 6.54 Å². The van der Waals surface area contributed by atoms with Crippen molar-refractivity contribution in [2.24, 2.45) is 0 Å². The smallest absolute Gasteiger partial charge is 0.208 e. The molecule has 5 heteroatoms. The van der Waals surface area contributed by atoms with Crippen LogP contribution in [-0.2, 0) is 14.8 Å². The van der Waals surface area contributed by atoms with E-state index >= 15 is 0 Å². The van der Waals surface area contributed by atoms with Crippen molar-refractivity contribution >= 4 is 10.0 Å². The maximum absolute atomic E-state index is 10.7. The number of hydrogen-bond acceptors (Lipinski definition) is 3. The van der Waals surface area contributed by atoms with Crippen molar-refractivity contribution in [1.29, 1.82) is 0 Å². The van der Waals surface area contributed by atoms with Crippen LogP contribution in [0.1, 0.15) is 25.7 Å². The predicted octanol–water partition coefficient (Wildman–Crippen LogP) is 0.495. The third-order valence-corrected chi connectivity index (χ3v) is 2.83. The first-order chi connectivity index (χ1) is 6.08. The molecule has 1 rings (SSSR count). The summed E-state index contributed by atoms with van der Waals surface area (Å²) in [7, 11) is -3.03. The van der Waals surface area contributed by atoms with E-state index in [2.05, 4.69) is 4.72 Å². The fourth-order valence-electron chi connectivity index (χ4n) is 1.44. The SMILES string of the molecule is CS(=O)(=O)NCCC1CCCCO1. The predicted molar refractivity (Wildman–Crippen MR) is 51.1 cm³/mol. The molecule has 0 aromatic carbocycles. The molecule has 0 saturated carbocycles. The summed E-state index contributed by atoms with van der Waals surface area (Å²) in [5, 5.41) is 0. The Morgan fingerprint density at radius 3 is 2.77 bits per heavy atom. The maximum Gasteiger partial charge on any atom is 0.208 e. The van der Waals surface area contributed by atoms with Crippen LogP contribution in [0.5, 0.6) is 0 Å². The monoisotopic (exact) mass is 207 g/mol. The standard InChI is InChI=1S/C8H17NO3S/c1-13(10,11)9-6-5-8-4-2-3-7-12-8/h8-9H,2-7H2,1H3. The summed E-state index contributed by atoms with van der Waals surface area (Å²) in [4.78, 5) is 0. The molecule has 1 fully saturated rings. The van der Waals surface area contributed by atoms with Crippen molar-refractivity contribution in [2.75, 3.05) is 19.4 Å². The third kappa shape index (κ3) is 5.23. The lowest BCUT2D eigenvalue weighted by Crippen LogP contribution is -2.28. The van der Waals surface area contributed by atoms with Gasteiger partial charge in [0, 0.05) is 13.2 Å². The normalized spacial score (nSPS) is 24.5. The molecule has 1 unspecified atom stereocenters. The van der Waals surface area contributed by atoms with Gasteiger partial charge in [-0.15, -0.1) is 0 Å². The molecule has 13 heavy (non-hydrogen) atoms. The number of nitrogens with one attached hydrogen (secondary N) is 1. The van der Waals surface area contributed by atoms with E-state index in [1.807, 2.05) is 0 Å². The molecule has 1 N–H and O–H groups in total. The van der Waals surface area contributed by atoms with Crippen LogP contribution in [0.15, 0.2) is 0 Å². The van der Waals surface area contributed by atoms with Crippen molar-refractivity contribution in [3.8, 4) is 0 Å². The van der Waals surface area contributed by atoms with Crippen LogP contribution in [0.3, 0.4) is 0 Å². The number of ether oxygens (including phenoxy) is 1. The summed E-state index contributed by atoms with van der Waals surface area (Å²) in [6.07, 6.45) is 5.61. The van der Waals surface area contributed by atoms with Crippen LogP contribution in [0.4, 0.5) is 0 Å². The van der Waals surface area contributed by atoms with Gasteiger partial charge in [-0.25, -0.2) is 13.1 Å². The van der Waals surface area contributed by atoms with Gasteiger partial charge in [-0.05, 0) is 25.7 Å². The van der Waals surface area contributed by atoms with Crippen LogP contribution >= 0.6 is 0 Å². The Morgan fingerprint density at radius 2 is 2.23 bits per heavy atom. The third-order valence-electron chi connectivity index (χ3n) is 2.10. The van der Waals surface area contributed by atoms with E-state index in [4.69, 9.17) is 4.74 Å². The minimum absolute atomic E-state index is 0.253. The van der Waals surface area contributed by atoms with E-state index in [0.717, 1.165) is 25.9 Å². The Balaban J connectivity index is 2.11. The average Bonchev–Trinajstić information content (AvgIpc) is 2.04. The van der Waals surface area contributed by atoms with Gasteiger partial charge >= 0.3 is 0 Å². The van der Waals surface area contributed by atoms with E-state index in [1.165, 1.54) is 12.7 Å². The van der Waals surface area contributed by atoms with Crippen molar-refractivity contribution in [1.82, 2.24) is 4.72 Å². The summed E-state index contributed by atoms with van der Waals surface area (Å²) >= 11 is 0. The first-order valence-corrected chi connectivity index (χ1v) is 6.53. The van der Waals surface area contributed by atoms with Gasteiger partial charge in [0.1, 0.15) is 0 Å². The highest BCUT2D eigenvalue weighted by atomic mass is 32.2. The van der Waals surface area contributed by atoms with Gasteiger partial charge < -0.3 is 4.74 Å². The highest BCUT2D eigenvalue weighted by Gasteiger charge is 2.13. The number of rotatable bonds is 4. The zero-order valence-electron chi connectivity index (χ0n) is 7.95. The zero-order chi connectivity index (χ0) is 9.73. The first kappa shape index (κ1) is 10.9. The maximum atomic E-state index is 10.7. The highest BCUT2D eigenvalue weighted by Crippen LogP contribution is 2.14. The second-order valence-electron chi connectivity index (χ2n) is 3.44. The highest BCUT2D eigenvalue weighted by molar-refractivity contribution is 7.88. The minimum atomic E-state index is -3.03. The molecular formula is C8H17NO3S. The molecule has 0 spiro atoms. The molecule has 78 valence electrons. The van der Waals surface area contributed by atoms with Crippen LogP contribution in [0, 0.1) is 0 Å². The molecule has 1 aliphatic rings. The van der Waals surface area contributed by atoms with Crippen LogP contribution in [-0.4, -0.2) is 33.9 Å². The lowest BCUT2D eigenvalue weighted by Gasteiger charge is -2.22. The molecule has 4 nitrogen and oxygen atoms in total. The lowest BCUT2D eigenvalue weighted by molar-refractivity contribution is 0.0123. The lowest BCUT2D eigenvalue weighted by atomic mass is 10.1. The Bertz CT molecular complexity index is 232.